The zero-order chi connectivity index (χ0) is 13.7. The van der Waals surface area contributed by atoms with Gasteiger partial charge in [0.1, 0.15) is 6.10 Å². The van der Waals surface area contributed by atoms with Crippen molar-refractivity contribution in [3.8, 4) is 0 Å². The SMILES string of the molecule is CC(=O)SCCC(O)C(O)c1ncc(N)cc1C. The Labute approximate surface area is 110 Å². The predicted octanol–water partition coefficient (Wildman–Crippen LogP) is 1.04. The van der Waals surface area contributed by atoms with Crippen LogP contribution in [0.15, 0.2) is 12.3 Å². The molecule has 1 aromatic heterocycles. The molecule has 2 atom stereocenters. The van der Waals surface area contributed by atoms with Crippen molar-refractivity contribution in [2.75, 3.05) is 11.5 Å². The summed E-state index contributed by atoms with van der Waals surface area (Å²) in [7, 11) is 0. The van der Waals surface area contributed by atoms with Crippen LogP contribution in [-0.4, -0.2) is 32.2 Å². The van der Waals surface area contributed by atoms with Gasteiger partial charge in [0.2, 0.25) is 0 Å². The van der Waals surface area contributed by atoms with Crippen LogP contribution in [0.5, 0.6) is 0 Å². The van der Waals surface area contributed by atoms with Crippen molar-refractivity contribution in [3.63, 3.8) is 0 Å². The Hall–Kier alpha value is -1.11. The monoisotopic (exact) mass is 270 g/mol. The zero-order valence-electron chi connectivity index (χ0n) is 10.5. The van der Waals surface area contributed by atoms with E-state index in [9.17, 15) is 15.0 Å². The highest BCUT2D eigenvalue weighted by atomic mass is 32.2. The summed E-state index contributed by atoms with van der Waals surface area (Å²) in [6.45, 7) is 3.25. The first-order valence-corrected chi connectivity index (χ1v) is 6.62. The first-order chi connectivity index (χ1) is 8.41. The molecule has 5 nitrogen and oxygen atoms in total. The quantitative estimate of drug-likeness (QED) is 0.739. The molecule has 0 spiro atoms. The van der Waals surface area contributed by atoms with Crippen LogP contribution in [0, 0.1) is 6.92 Å². The molecular formula is C12H18N2O3S. The van der Waals surface area contributed by atoms with E-state index in [-0.39, 0.29) is 5.12 Å². The molecule has 0 radical (unpaired) electrons. The Morgan fingerprint density at radius 3 is 2.78 bits per heavy atom. The smallest absolute Gasteiger partial charge is 0.185 e. The third-order valence-corrected chi connectivity index (χ3v) is 3.35. The van der Waals surface area contributed by atoms with Crippen LogP contribution in [-0.2, 0) is 4.79 Å². The number of pyridine rings is 1. The van der Waals surface area contributed by atoms with E-state index in [1.54, 1.807) is 13.0 Å². The van der Waals surface area contributed by atoms with Gasteiger partial charge in [0.05, 0.1) is 23.7 Å². The molecule has 0 amide bonds. The minimum absolute atomic E-state index is 0.00141. The van der Waals surface area contributed by atoms with Gasteiger partial charge >= 0.3 is 0 Å². The summed E-state index contributed by atoms with van der Waals surface area (Å²) in [5, 5.41) is 19.8. The topological polar surface area (TPSA) is 96.4 Å². The number of carbonyl (C=O) groups is 1. The molecule has 0 saturated carbocycles. The molecular weight excluding hydrogens is 252 g/mol. The van der Waals surface area contributed by atoms with Gasteiger partial charge < -0.3 is 15.9 Å². The number of aryl methyl sites for hydroxylation is 1. The van der Waals surface area contributed by atoms with Crippen molar-refractivity contribution in [1.29, 1.82) is 0 Å². The summed E-state index contributed by atoms with van der Waals surface area (Å²) in [6.07, 6.45) is -0.218. The number of rotatable bonds is 5. The van der Waals surface area contributed by atoms with E-state index in [2.05, 4.69) is 4.98 Å². The van der Waals surface area contributed by atoms with Gasteiger partial charge in [-0.15, -0.1) is 0 Å². The molecule has 0 aromatic carbocycles. The van der Waals surface area contributed by atoms with Crippen molar-refractivity contribution in [2.45, 2.75) is 32.5 Å². The van der Waals surface area contributed by atoms with Crippen molar-refractivity contribution < 1.29 is 15.0 Å². The normalized spacial score (nSPS) is 14.2. The average molecular weight is 270 g/mol. The molecule has 0 aliphatic rings. The highest BCUT2D eigenvalue weighted by molar-refractivity contribution is 8.13. The fraction of sp³-hybridized carbons (Fsp3) is 0.500. The molecule has 6 heteroatoms. The Bertz CT molecular complexity index is 426. The molecule has 1 aromatic rings. The second-order valence-corrected chi connectivity index (χ2v) is 5.38. The Balaban J connectivity index is 2.62. The fourth-order valence-electron chi connectivity index (χ4n) is 1.58. The zero-order valence-corrected chi connectivity index (χ0v) is 11.3. The minimum Gasteiger partial charge on any atom is -0.397 e. The summed E-state index contributed by atoms with van der Waals surface area (Å²) in [5.41, 5.74) is 7.25. The van der Waals surface area contributed by atoms with Crippen LogP contribution < -0.4 is 5.73 Å². The van der Waals surface area contributed by atoms with E-state index in [1.165, 1.54) is 13.1 Å². The number of nitrogens with zero attached hydrogens (tertiary/aromatic N) is 1. The van der Waals surface area contributed by atoms with Crippen molar-refractivity contribution >= 4 is 22.6 Å². The van der Waals surface area contributed by atoms with Gasteiger partial charge in [-0.1, -0.05) is 11.8 Å². The maximum absolute atomic E-state index is 10.7. The summed E-state index contributed by atoms with van der Waals surface area (Å²) < 4.78 is 0. The predicted molar refractivity (Wildman–Crippen MR) is 72.1 cm³/mol. The molecule has 1 rings (SSSR count). The van der Waals surface area contributed by atoms with Gasteiger partial charge in [0.15, 0.2) is 5.12 Å². The van der Waals surface area contributed by atoms with E-state index < -0.39 is 12.2 Å². The largest absolute Gasteiger partial charge is 0.397 e. The maximum atomic E-state index is 10.7. The molecule has 0 saturated heterocycles. The molecule has 18 heavy (non-hydrogen) atoms. The van der Waals surface area contributed by atoms with Crippen molar-refractivity contribution in [1.82, 2.24) is 4.98 Å². The van der Waals surface area contributed by atoms with Gasteiger partial charge in [-0.05, 0) is 25.0 Å². The van der Waals surface area contributed by atoms with Crippen LogP contribution in [0.3, 0.4) is 0 Å². The number of aromatic nitrogens is 1. The lowest BCUT2D eigenvalue weighted by Gasteiger charge is -2.18. The highest BCUT2D eigenvalue weighted by Gasteiger charge is 2.21. The third kappa shape index (κ3) is 4.29. The van der Waals surface area contributed by atoms with E-state index in [4.69, 9.17) is 5.73 Å². The number of nitrogen functional groups attached to an aromatic ring is 1. The second kappa shape index (κ2) is 6.72. The number of aliphatic hydroxyl groups excluding tert-OH is 2. The molecule has 0 bridgehead atoms. The summed E-state index contributed by atoms with van der Waals surface area (Å²) in [5.74, 6) is 0.474. The van der Waals surface area contributed by atoms with E-state index in [0.29, 0.717) is 23.6 Å². The van der Waals surface area contributed by atoms with E-state index >= 15 is 0 Å². The van der Waals surface area contributed by atoms with Crippen molar-refractivity contribution in [2.24, 2.45) is 0 Å². The Kier molecular flexibility index (Phi) is 5.58. The molecule has 4 N–H and O–H groups in total. The number of anilines is 1. The fourth-order valence-corrected chi connectivity index (χ4v) is 2.23. The van der Waals surface area contributed by atoms with Gasteiger partial charge in [-0.3, -0.25) is 9.78 Å². The summed E-state index contributed by atoms with van der Waals surface area (Å²) in [4.78, 5) is 14.8. The number of nitrogens with two attached hydrogens (primary N) is 1. The maximum Gasteiger partial charge on any atom is 0.185 e. The lowest BCUT2D eigenvalue weighted by atomic mass is 10.0. The lowest BCUT2D eigenvalue weighted by Crippen LogP contribution is -2.21. The summed E-state index contributed by atoms with van der Waals surface area (Å²) >= 11 is 1.13. The second-order valence-electron chi connectivity index (χ2n) is 4.11. The highest BCUT2D eigenvalue weighted by Crippen LogP contribution is 2.22. The van der Waals surface area contributed by atoms with Crippen molar-refractivity contribution in [3.05, 3.63) is 23.5 Å². The number of hydrogen-bond acceptors (Lipinski definition) is 6. The average Bonchev–Trinajstić information content (AvgIpc) is 2.27. The molecule has 1 heterocycles. The van der Waals surface area contributed by atoms with E-state index in [1.807, 2.05) is 0 Å². The number of aliphatic hydroxyl groups is 2. The standard InChI is InChI=1S/C12H18N2O3S/c1-7-5-9(13)6-14-11(7)12(17)10(16)3-4-18-8(2)15/h5-6,10,12,16-17H,3-4,13H2,1-2H3. The molecule has 0 aliphatic carbocycles. The first-order valence-electron chi connectivity index (χ1n) is 5.63. The number of thioether (sulfide) groups is 1. The molecule has 0 fully saturated rings. The first kappa shape index (κ1) is 14.9. The lowest BCUT2D eigenvalue weighted by molar-refractivity contribution is -0.109. The Morgan fingerprint density at radius 2 is 2.22 bits per heavy atom. The van der Waals surface area contributed by atoms with Gasteiger partial charge in [0.25, 0.3) is 0 Å². The van der Waals surface area contributed by atoms with Crippen LogP contribution >= 0.6 is 11.8 Å². The molecule has 100 valence electrons. The van der Waals surface area contributed by atoms with Gasteiger partial charge in [0, 0.05) is 12.7 Å². The molecule has 2 unspecified atom stereocenters. The van der Waals surface area contributed by atoms with Crippen LogP contribution in [0.2, 0.25) is 0 Å². The van der Waals surface area contributed by atoms with Gasteiger partial charge in [-0.2, -0.15) is 0 Å². The van der Waals surface area contributed by atoms with Crippen LogP contribution in [0.1, 0.15) is 30.7 Å². The summed E-state index contributed by atoms with van der Waals surface area (Å²) in [6, 6.07) is 1.70. The van der Waals surface area contributed by atoms with Crippen LogP contribution in [0.25, 0.3) is 0 Å². The van der Waals surface area contributed by atoms with E-state index in [0.717, 1.165) is 17.3 Å². The third-order valence-electron chi connectivity index (χ3n) is 2.50. The Morgan fingerprint density at radius 1 is 1.56 bits per heavy atom. The van der Waals surface area contributed by atoms with Gasteiger partial charge in [-0.25, -0.2) is 0 Å². The number of hydrogen-bond donors (Lipinski definition) is 3. The minimum atomic E-state index is -1.06. The van der Waals surface area contributed by atoms with Crippen LogP contribution in [0.4, 0.5) is 5.69 Å². The molecule has 0 aliphatic heterocycles. The number of carbonyl (C=O) groups excluding carboxylic acids is 1.